The van der Waals surface area contributed by atoms with Crippen LogP contribution < -0.4 is 21.7 Å². The third kappa shape index (κ3) is 9.91. The molecule has 3 amide bonds. The fourth-order valence-electron chi connectivity index (χ4n) is 2.81. The van der Waals surface area contributed by atoms with Gasteiger partial charge >= 0.3 is 11.9 Å². The molecule has 1 aromatic rings. The number of carbonyl (C=O) groups is 5. The van der Waals surface area contributed by atoms with Crippen LogP contribution in [0.4, 0.5) is 0 Å². The Morgan fingerprint density at radius 3 is 2.09 bits per heavy atom. The van der Waals surface area contributed by atoms with Gasteiger partial charge in [-0.1, -0.05) is 13.8 Å². The Kier molecular flexibility index (Phi) is 11.4. The summed E-state index contributed by atoms with van der Waals surface area (Å²) in [6.45, 7) is 3.61. The molecule has 1 aromatic heterocycles. The number of carboxylic acid groups (broad SMARTS) is 2. The van der Waals surface area contributed by atoms with Crippen molar-refractivity contribution in [3.8, 4) is 0 Å². The SMILES string of the molecule is CC(C)CC(NC(=O)C(N)CS)C(=O)NC(CC(=O)O)C(=O)NC(Cc1cnc[nH]1)C(=O)O. The number of nitrogens with two attached hydrogens (primary N) is 1. The lowest BCUT2D eigenvalue weighted by molar-refractivity contribution is -0.143. The summed E-state index contributed by atoms with van der Waals surface area (Å²) < 4.78 is 0. The third-order valence-electron chi connectivity index (χ3n) is 4.48. The third-order valence-corrected chi connectivity index (χ3v) is 4.87. The number of hydrogen-bond donors (Lipinski definition) is 8. The molecule has 184 valence electrons. The Bertz CT molecular complexity index is 833. The summed E-state index contributed by atoms with van der Waals surface area (Å²) in [5.41, 5.74) is 6.06. The highest BCUT2D eigenvalue weighted by molar-refractivity contribution is 7.80. The lowest BCUT2D eigenvalue weighted by atomic mass is 10.0. The molecule has 4 unspecified atom stereocenters. The molecule has 14 heteroatoms. The number of amides is 3. The van der Waals surface area contributed by atoms with Crippen LogP contribution >= 0.6 is 12.6 Å². The molecule has 1 rings (SSSR count). The maximum Gasteiger partial charge on any atom is 0.326 e. The van der Waals surface area contributed by atoms with Crippen LogP contribution in [0.5, 0.6) is 0 Å². The minimum Gasteiger partial charge on any atom is -0.481 e. The molecule has 0 aliphatic carbocycles. The second kappa shape index (κ2) is 13.4. The highest BCUT2D eigenvalue weighted by Crippen LogP contribution is 2.07. The van der Waals surface area contributed by atoms with E-state index in [1.807, 2.05) is 0 Å². The Balaban J connectivity index is 2.97. The zero-order chi connectivity index (χ0) is 25.1. The van der Waals surface area contributed by atoms with E-state index in [-0.39, 0.29) is 24.5 Å². The van der Waals surface area contributed by atoms with Crippen LogP contribution in [-0.4, -0.2) is 79.8 Å². The van der Waals surface area contributed by atoms with E-state index in [1.165, 1.54) is 12.5 Å². The van der Waals surface area contributed by atoms with Gasteiger partial charge in [-0.15, -0.1) is 0 Å². The average Bonchev–Trinajstić information content (AvgIpc) is 3.23. The van der Waals surface area contributed by atoms with Crippen LogP contribution in [0.3, 0.4) is 0 Å². The van der Waals surface area contributed by atoms with Crippen LogP contribution in [0.15, 0.2) is 12.5 Å². The predicted molar refractivity (Wildman–Crippen MR) is 119 cm³/mol. The van der Waals surface area contributed by atoms with Gasteiger partial charge in [0.15, 0.2) is 0 Å². The van der Waals surface area contributed by atoms with Crippen molar-refractivity contribution in [3.63, 3.8) is 0 Å². The van der Waals surface area contributed by atoms with E-state index in [9.17, 15) is 34.2 Å². The van der Waals surface area contributed by atoms with Crippen molar-refractivity contribution in [2.75, 3.05) is 5.75 Å². The summed E-state index contributed by atoms with van der Waals surface area (Å²) in [6.07, 6.45) is 1.98. The van der Waals surface area contributed by atoms with Gasteiger partial charge in [0.05, 0.1) is 18.8 Å². The summed E-state index contributed by atoms with van der Waals surface area (Å²) >= 11 is 3.94. The number of imidazole rings is 1. The van der Waals surface area contributed by atoms with Crippen molar-refractivity contribution in [3.05, 3.63) is 18.2 Å². The molecule has 33 heavy (non-hydrogen) atoms. The summed E-state index contributed by atoms with van der Waals surface area (Å²) in [6, 6.07) is -5.03. The molecular weight excluding hydrogens is 456 g/mol. The second-order valence-corrected chi connectivity index (χ2v) is 8.18. The maximum atomic E-state index is 12.8. The van der Waals surface area contributed by atoms with Crippen molar-refractivity contribution >= 4 is 42.3 Å². The number of H-pyrrole nitrogens is 1. The second-order valence-electron chi connectivity index (χ2n) is 7.82. The lowest BCUT2D eigenvalue weighted by Gasteiger charge is -2.25. The van der Waals surface area contributed by atoms with Crippen LogP contribution in [0, 0.1) is 5.92 Å². The molecule has 0 bridgehead atoms. The number of thiol groups is 1. The molecule has 4 atom stereocenters. The average molecular weight is 487 g/mol. The van der Waals surface area contributed by atoms with Gasteiger partial charge in [-0.25, -0.2) is 9.78 Å². The fourth-order valence-corrected chi connectivity index (χ4v) is 2.98. The number of nitrogens with one attached hydrogen (secondary N) is 4. The molecule has 0 spiro atoms. The summed E-state index contributed by atoms with van der Waals surface area (Å²) in [5, 5.41) is 25.6. The van der Waals surface area contributed by atoms with Crippen LogP contribution in [0.1, 0.15) is 32.4 Å². The number of carbonyl (C=O) groups excluding carboxylic acids is 3. The topological polar surface area (TPSA) is 217 Å². The Morgan fingerprint density at radius 2 is 1.61 bits per heavy atom. The van der Waals surface area contributed by atoms with E-state index in [4.69, 9.17) is 5.73 Å². The van der Waals surface area contributed by atoms with Gasteiger partial charge in [-0.2, -0.15) is 12.6 Å². The van der Waals surface area contributed by atoms with Crippen LogP contribution in [-0.2, 0) is 30.4 Å². The number of rotatable bonds is 14. The van der Waals surface area contributed by atoms with Gasteiger partial charge in [-0.05, 0) is 12.3 Å². The first-order valence-electron chi connectivity index (χ1n) is 10.1. The van der Waals surface area contributed by atoms with Crippen molar-refractivity contribution in [2.24, 2.45) is 11.7 Å². The number of nitrogens with zero attached hydrogens (tertiary/aromatic N) is 1. The number of aliphatic carboxylic acids is 2. The standard InChI is InChI=1S/C19H30N6O7S/c1-9(2)3-12(23-16(28)11(20)7-33)17(29)24-13(5-15(26)27)18(30)25-14(19(31)32)4-10-6-21-8-22-10/h6,8-9,11-14,33H,3-5,7,20H2,1-2H3,(H,21,22)(H,23,28)(H,24,29)(H,25,30)(H,26,27)(H,31,32). The summed E-state index contributed by atoms with van der Waals surface area (Å²) in [4.78, 5) is 66.9. The minimum absolute atomic E-state index is 0.0363. The monoisotopic (exact) mass is 486 g/mol. The summed E-state index contributed by atoms with van der Waals surface area (Å²) in [5.74, 6) is -5.17. The zero-order valence-corrected chi connectivity index (χ0v) is 19.2. The smallest absolute Gasteiger partial charge is 0.326 e. The van der Waals surface area contributed by atoms with Crippen LogP contribution in [0.25, 0.3) is 0 Å². The molecule has 0 aliphatic rings. The Hall–Kier alpha value is -3.13. The molecule has 8 N–H and O–H groups in total. The fraction of sp³-hybridized carbons (Fsp3) is 0.579. The molecular formula is C19H30N6O7S. The first kappa shape index (κ1) is 27.9. The minimum atomic E-state index is -1.58. The van der Waals surface area contributed by atoms with Gasteiger partial charge in [0.1, 0.15) is 18.1 Å². The van der Waals surface area contributed by atoms with Crippen molar-refractivity contribution in [1.29, 1.82) is 0 Å². The largest absolute Gasteiger partial charge is 0.481 e. The van der Waals surface area contributed by atoms with Gasteiger partial charge in [0, 0.05) is 24.1 Å². The molecule has 13 nitrogen and oxygen atoms in total. The summed E-state index contributed by atoms with van der Waals surface area (Å²) in [7, 11) is 0. The van der Waals surface area contributed by atoms with Gasteiger partial charge in [0.2, 0.25) is 17.7 Å². The predicted octanol–water partition coefficient (Wildman–Crippen LogP) is -1.73. The van der Waals surface area contributed by atoms with Crippen molar-refractivity contribution in [1.82, 2.24) is 25.9 Å². The number of hydrogen-bond acceptors (Lipinski definition) is 8. The van der Waals surface area contributed by atoms with E-state index in [0.717, 1.165) is 0 Å². The van der Waals surface area contributed by atoms with Gasteiger partial charge in [-0.3, -0.25) is 19.2 Å². The Labute approximate surface area is 195 Å². The zero-order valence-electron chi connectivity index (χ0n) is 18.3. The first-order valence-corrected chi connectivity index (χ1v) is 10.8. The van der Waals surface area contributed by atoms with E-state index in [0.29, 0.717) is 5.69 Å². The Morgan fingerprint density at radius 1 is 1.03 bits per heavy atom. The van der Waals surface area contributed by atoms with Crippen molar-refractivity contribution in [2.45, 2.75) is 57.3 Å². The molecule has 0 aliphatic heterocycles. The molecule has 0 aromatic carbocycles. The highest BCUT2D eigenvalue weighted by Gasteiger charge is 2.32. The molecule has 0 saturated carbocycles. The molecule has 0 fully saturated rings. The first-order chi connectivity index (χ1) is 15.4. The van der Waals surface area contributed by atoms with E-state index < -0.39 is 60.2 Å². The lowest BCUT2D eigenvalue weighted by Crippen LogP contribution is -2.58. The molecule has 0 radical (unpaired) electrons. The van der Waals surface area contributed by atoms with E-state index in [2.05, 4.69) is 38.5 Å². The number of aromatic amines is 1. The van der Waals surface area contributed by atoms with E-state index in [1.54, 1.807) is 13.8 Å². The normalized spacial score (nSPS) is 14.6. The molecule has 1 heterocycles. The van der Waals surface area contributed by atoms with Crippen LogP contribution in [0.2, 0.25) is 0 Å². The van der Waals surface area contributed by atoms with E-state index >= 15 is 0 Å². The molecule has 0 saturated heterocycles. The maximum absolute atomic E-state index is 12.8. The number of carboxylic acids is 2. The highest BCUT2D eigenvalue weighted by atomic mass is 32.1. The van der Waals surface area contributed by atoms with Gasteiger partial charge < -0.3 is 36.9 Å². The van der Waals surface area contributed by atoms with Crippen molar-refractivity contribution < 1.29 is 34.2 Å². The quantitative estimate of drug-likeness (QED) is 0.140. The number of aromatic nitrogens is 2. The van der Waals surface area contributed by atoms with Gasteiger partial charge in [0.25, 0.3) is 0 Å².